The minimum atomic E-state index is -3.28. The van der Waals surface area contributed by atoms with Gasteiger partial charge in [-0.25, -0.2) is 0 Å². The van der Waals surface area contributed by atoms with Gasteiger partial charge in [-0.15, -0.1) is 0 Å². The molecule has 0 heterocycles. The Labute approximate surface area is 455 Å². The number of esters is 1. The van der Waals surface area contributed by atoms with Gasteiger partial charge in [-0.3, -0.25) is 13.8 Å². The van der Waals surface area contributed by atoms with Crippen molar-refractivity contribution in [1.29, 1.82) is 0 Å². The average molecular weight is 1070 g/mol. The maximum absolute atomic E-state index is 12.1. The number of aliphatic carboxylic acids is 1. The van der Waals surface area contributed by atoms with Gasteiger partial charge in [0.05, 0.1) is 36.4 Å². The number of phenolic OH excluding ortho intramolecular Hbond substituents is 1. The van der Waals surface area contributed by atoms with Gasteiger partial charge in [0.15, 0.2) is 0 Å². The standard InChI is InChI=1S/C31H43NO3.C21H25NO3.C12H24O3S/c1-4-29(2,3)25-8-11-26(12-9-25)35-27-10-7-23-19-22(5-6-24(23)20-27)21-32-31-16-13-30(14-17-31,15-18-31)28(33)34;1-25-19(24)20-6-9-21(10-7-20,11-8-20)22-14-15-2-3-17-13-18(23)5-4-16(17)12-15;1-5-12(2,3)10-6-8-11(9-7-10)15-16(4,13)14/h5-7,10,19-20,25-26,32H,4,8-9,11-18,21H2,1-3H3,(H,33,34);2-5,12-13,22-23H,6-11,14H2,1H3;10-11H,5-9H2,1-4H3. The number of ether oxygens (including phenoxy) is 2. The molecular formula is C64H92N2O9S. The van der Waals surface area contributed by atoms with Crippen molar-refractivity contribution in [2.45, 2.75) is 219 Å². The zero-order valence-electron chi connectivity index (χ0n) is 47.4. The van der Waals surface area contributed by atoms with E-state index in [1.807, 2.05) is 6.07 Å². The Morgan fingerprint density at radius 1 is 0.579 bits per heavy atom. The fourth-order valence-electron chi connectivity index (χ4n) is 14.1. The second-order valence-corrected chi connectivity index (χ2v) is 27.5. The smallest absolute Gasteiger partial charge is 0.311 e. The van der Waals surface area contributed by atoms with Crippen LogP contribution in [0.5, 0.6) is 11.5 Å². The molecule has 418 valence electrons. The summed E-state index contributed by atoms with van der Waals surface area (Å²) in [6.45, 7) is 15.6. The predicted octanol–water partition coefficient (Wildman–Crippen LogP) is 14.3. The number of carboxylic acids is 1. The molecule has 0 spiro atoms. The Balaban J connectivity index is 0.000000163. The lowest BCUT2D eigenvalue weighted by Gasteiger charge is -2.52. The Morgan fingerprint density at radius 3 is 1.42 bits per heavy atom. The Kier molecular flexibility index (Phi) is 18.0. The van der Waals surface area contributed by atoms with Crippen LogP contribution in [-0.4, -0.2) is 67.2 Å². The topological polar surface area (TPSA) is 160 Å². The molecule has 8 fully saturated rings. The van der Waals surface area contributed by atoms with Crippen molar-refractivity contribution in [3.05, 3.63) is 83.9 Å². The first-order chi connectivity index (χ1) is 36.0. The summed E-state index contributed by atoms with van der Waals surface area (Å²) in [6.07, 6.45) is 23.9. The molecule has 4 aromatic rings. The summed E-state index contributed by atoms with van der Waals surface area (Å²) < 4.78 is 38.5. The number of carboxylic acid groups (broad SMARTS) is 1. The zero-order valence-corrected chi connectivity index (χ0v) is 48.2. The second kappa shape index (κ2) is 23.6. The average Bonchev–Trinajstić information content (AvgIpc) is 3.44. The van der Waals surface area contributed by atoms with Gasteiger partial charge in [-0.1, -0.05) is 90.8 Å². The van der Waals surface area contributed by atoms with Crippen molar-refractivity contribution in [3.63, 3.8) is 0 Å². The first kappa shape index (κ1) is 57.9. The molecule has 12 heteroatoms. The highest BCUT2D eigenvalue weighted by Gasteiger charge is 2.54. The highest BCUT2D eigenvalue weighted by Crippen LogP contribution is 2.54. The second-order valence-electron chi connectivity index (χ2n) is 25.9. The van der Waals surface area contributed by atoms with E-state index >= 15 is 0 Å². The van der Waals surface area contributed by atoms with Crippen LogP contribution < -0.4 is 15.4 Å². The number of fused-ring (bicyclic) bond motifs is 8. The summed E-state index contributed by atoms with van der Waals surface area (Å²) in [5, 5.41) is 31.5. The van der Waals surface area contributed by atoms with Crippen molar-refractivity contribution in [3.8, 4) is 11.5 Å². The Morgan fingerprint density at radius 2 is 0.987 bits per heavy atom. The van der Waals surface area contributed by atoms with Crippen molar-refractivity contribution < 1.29 is 41.9 Å². The molecule has 8 saturated carbocycles. The largest absolute Gasteiger partial charge is 0.508 e. The summed E-state index contributed by atoms with van der Waals surface area (Å²) in [5.41, 5.74) is 2.98. The minimum absolute atomic E-state index is 0.0152. The van der Waals surface area contributed by atoms with Crippen molar-refractivity contribution in [1.82, 2.24) is 10.6 Å². The van der Waals surface area contributed by atoms with Crippen LogP contribution in [0.15, 0.2) is 72.8 Å². The van der Waals surface area contributed by atoms with E-state index in [0.717, 1.165) is 157 Å². The number of methoxy groups -OCH3 is 1. The van der Waals surface area contributed by atoms with Crippen LogP contribution in [0.4, 0.5) is 0 Å². The number of aromatic hydroxyl groups is 1. The van der Waals surface area contributed by atoms with Crippen LogP contribution in [0.25, 0.3) is 21.5 Å². The van der Waals surface area contributed by atoms with Crippen LogP contribution in [0, 0.1) is 33.5 Å². The molecule has 4 N–H and O–H groups in total. The first-order valence-electron chi connectivity index (χ1n) is 29.1. The van der Waals surface area contributed by atoms with Gasteiger partial charge in [0.1, 0.15) is 11.5 Å². The molecule has 0 aliphatic heterocycles. The van der Waals surface area contributed by atoms with E-state index in [1.54, 1.807) is 12.1 Å². The third-order valence-electron chi connectivity index (χ3n) is 20.7. The van der Waals surface area contributed by atoms with Crippen molar-refractivity contribution in [2.75, 3.05) is 13.4 Å². The molecule has 4 bridgehead atoms. The van der Waals surface area contributed by atoms with E-state index in [2.05, 4.69) is 107 Å². The third kappa shape index (κ3) is 13.8. The molecule has 0 radical (unpaired) electrons. The molecule has 8 aliphatic carbocycles. The van der Waals surface area contributed by atoms with E-state index in [-0.39, 0.29) is 28.6 Å². The fourth-order valence-corrected chi connectivity index (χ4v) is 14.8. The number of phenols is 1. The van der Waals surface area contributed by atoms with Gasteiger partial charge in [0.2, 0.25) is 0 Å². The van der Waals surface area contributed by atoms with Crippen molar-refractivity contribution >= 4 is 43.6 Å². The van der Waals surface area contributed by atoms with E-state index in [4.69, 9.17) is 13.7 Å². The van der Waals surface area contributed by atoms with Crippen molar-refractivity contribution in [2.24, 2.45) is 33.5 Å². The van der Waals surface area contributed by atoms with Gasteiger partial charge >= 0.3 is 11.9 Å². The minimum Gasteiger partial charge on any atom is -0.508 e. The number of rotatable bonds is 16. The highest BCUT2D eigenvalue weighted by atomic mass is 32.2. The monoisotopic (exact) mass is 1060 g/mol. The number of carbonyl (C=O) groups excluding carboxylic acids is 1. The van der Waals surface area contributed by atoms with E-state index in [0.29, 0.717) is 28.6 Å². The molecule has 0 atom stereocenters. The molecule has 11 nitrogen and oxygen atoms in total. The fraction of sp³-hybridized carbons (Fsp3) is 0.656. The van der Waals surface area contributed by atoms with E-state index in [1.165, 1.54) is 54.7 Å². The maximum Gasteiger partial charge on any atom is 0.311 e. The molecule has 4 aromatic carbocycles. The number of hydrogen-bond acceptors (Lipinski definition) is 10. The SMILES string of the molecule is CCC(C)(C)C1CCC(OS(C)(=O)=O)CC1.CCC(C)(C)C1CCC(Oc2ccc3cc(CNC45CCC(C(=O)O)(CC4)CC5)ccc3c2)CC1.COC(=O)C12CCC(NCc3ccc4cc(O)ccc4c3)(CC1)CC2. The highest BCUT2D eigenvalue weighted by molar-refractivity contribution is 7.86. The zero-order chi connectivity index (χ0) is 54.6. The Bertz CT molecular complexity index is 2700. The predicted molar refractivity (Wildman–Crippen MR) is 305 cm³/mol. The molecule has 8 aliphatic rings. The summed E-state index contributed by atoms with van der Waals surface area (Å²) in [7, 11) is -1.78. The maximum atomic E-state index is 12.1. The van der Waals surface area contributed by atoms with Gasteiger partial charge in [0.25, 0.3) is 10.1 Å². The van der Waals surface area contributed by atoms with E-state index < -0.39 is 21.5 Å². The third-order valence-corrected chi connectivity index (χ3v) is 21.3. The number of carbonyl (C=O) groups is 2. The van der Waals surface area contributed by atoms with Crippen LogP contribution in [0.1, 0.15) is 194 Å². The molecule has 0 unspecified atom stereocenters. The lowest BCUT2D eigenvalue weighted by molar-refractivity contribution is -0.160. The quantitative estimate of drug-likeness (QED) is 0.0625. The lowest BCUT2D eigenvalue weighted by atomic mass is 9.57. The van der Waals surface area contributed by atoms with Crippen LogP contribution in [0.3, 0.4) is 0 Å². The number of nitrogens with one attached hydrogen (secondary N) is 2. The summed E-state index contributed by atoms with van der Waals surface area (Å²) in [6, 6.07) is 25.1. The molecular weight excluding hydrogens is 973 g/mol. The van der Waals surface area contributed by atoms with Gasteiger partial charge < -0.3 is 30.3 Å². The summed E-state index contributed by atoms with van der Waals surface area (Å²) >= 11 is 0. The Hall–Kier alpha value is -4.23. The molecule has 76 heavy (non-hydrogen) atoms. The molecule has 0 amide bonds. The van der Waals surface area contributed by atoms with Crippen LogP contribution in [0.2, 0.25) is 0 Å². The summed E-state index contributed by atoms with van der Waals surface area (Å²) in [4.78, 5) is 23.8. The van der Waals surface area contributed by atoms with Crippen LogP contribution >= 0.6 is 0 Å². The van der Waals surface area contributed by atoms with Gasteiger partial charge in [-0.2, -0.15) is 8.42 Å². The van der Waals surface area contributed by atoms with E-state index in [9.17, 15) is 28.2 Å². The first-order valence-corrected chi connectivity index (χ1v) is 30.9. The normalized spacial score (nSPS) is 29.4. The summed E-state index contributed by atoms with van der Waals surface area (Å²) in [5.74, 6) is 2.22. The number of hydrogen-bond donors (Lipinski definition) is 4. The van der Waals surface area contributed by atoms with Gasteiger partial charge in [0, 0.05) is 24.2 Å². The molecule has 0 saturated heterocycles. The molecule has 0 aromatic heterocycles. The van der Waals surface area contributed by atoms with Gasteiger partial charge in [-0.05, 0) is 220 Å². The number of benzene rings is 4. The van der Waals surface area contributed by atoms with Crippen LogP contribution in [-0.2, 0) is 41.7 Å². The lowest BCUT2D eigenvalue weighted by Crippen LogP contribution is -2.56. The molecule has 12 rings (SSSR count).